The van der Waals surface area contributed by atoms with E-state index in [1.54, 1.807) is 32.5 Å². The molecule has 0 saturated carbocycles. The number of aromatic nitrogens is 3. The molecule has 0 spiro atoms. The highest BCUT2D eigenvalue weighted by Gasteiger charge is 2.40. The number of methoxy groups -OCH3 is 2. The van der Waals surface area contributed by atoms with Gasteiger partial charge in [0.05, 0.1) is 19.9 Å². The lowest BCUT2D eigenvalue weighted by Crippen LogP contribution is -2.44. The van der Waals surface area contributed by atoms with Crippen molar-refractivity contribution in [3.63, 3.8) is 0 Å². The van der Waals surface area contributed by atoms with Crippen LogP contribution >= 0.6 is 0 Å². The fourth-order valence-electron chi connectivity index (χ4n) is 2.80. The topological polar surface area (TPSA) is 78.6 Å². The van der Waals surface area contributed by atoms with E-state index in [1.807, 2.05) is 36.4 Å². The van der Waals surface area contributed by atoms with Crippen LogP contribution in [0.5, 0.6) is 23.1 Å². The minimum Gasteiger partial charge on any atom is -0.539 e. The average Bonchev–Trinajstić information content (AvgIpc) is 3.12. The van der Waals surface area contributed by atoms with Gasteiger partial charge in [0.25, 0.3) is 8.32 Å². The molecule has 0 radical (unpaired) electrons. The molecule has 3 aromatic rings. The van der Waals surface area contributed by atoms with Gasteiger partial charge in [-0.2, -0.15) is 9.78 Å². The van der Waals surface area contributed by atoms with Crippen molar-refractivity contribution in [1.29, 1.82) is 0 Å². The molecule has 0 fully saturated rings. The Balaban J connectivity index is 1.92. The lowest BCUT2D eigenvalue weighted by atomic mass is 10.1. The molecule has 8 heteroatoms. The maximum atomic E-state index is 10.2. The summed E-state index contributed by atoms with van der Waals surface area (Å²) in [7, 11) is 1.15. The minimum absolute atomic E-state index is 0.0108. The number of ether oxygens (including phenoxy) is 2. The molecule has 0 aliphatic heterocycles. The molecule has 1 N–H and O–H groups in total. The summed E-state index contributed by atoms with van der Waals surface area (Å²) in [5.41, 5.74) is 1.45. The molecule has 2 heterocycles. The van der Waals surface area contributed by atoms with Gasteiger partial charge < -0.3 is 19.0 Å². The van der Waals surface area contributed by atoms with E-state index in [1.165, 1.54) is 4.68 Å². The van der Waals surface area contributed by atoms with Crippen LogP contribution in [0, 0.1) is 0 Å². The van der Waals surface area contributed by atoms with Gasteiger partial charge in [-0.1, -0.05) is 32.9 Å². The molecule has 32 heavy (non-hydrogen) atoms. The molecule has 0 aliphatic rings. The van der Waals surface area contributed by atoms with Crippen molar-refractivity contribution in [3.8, 4) is 28.9 Å². The van der Waals surface area contributed by atoms with E-state index in [-0.39, 0.29) is 10.9 Å². The number of aromatic hydroxyl groups is 1. The third-order valence-corrected chi connectivity index (χ3v) is 10.00. The number of hydrogen-bond acceptors (Lipinski definition) is 6. The van der Waals surface area contributed by atoms with Gasteiger partial charge in [-0.15, -0.1) is 0 Å². The van der Waals surface area contributed by atoms with Gasteiger partial charge >= 0.3 is 0 Å². The van der Waals surface area contributed by atoms with E-state index in [4.69, 9.17) is 13.9 Å². The highest BCUT2D eigenvalue weighted by molar-refractivity contribution is 6.74. The highest BCUT2D eigenvalue weighted by atomic mass is 28.4. The first kappa shape index (κ1) is 23.4. The number of pyridine rings is 1. The van der Waals surface area contributed by atoms with Crippen LogP contribution in [0.2, 0.25) is 18.1 Å². The molecular weight excluding hydrogens is 422 g/mol. The van der Waals surface area contributed by atoms with Crippen molar-refractivity contribution in [2.45, 2.75) is 38.9 Å². The molecule has 2 aromatic heterocycles. The first-order chi connectivity index (χ1) is 15.1. The van der Waals surface area contributed by atoms with Crippen LogP contribution in [0.1, 0.15) is 32.0 Å². The molecule has 0 saturated heterocycles. The van der Waals surface area contributed by atoms with E-state index in [0.717, 1.165) is 5.56 Å². The minimum atomic E-state index is -2.09. The fourth-order valence-corrected chi connectivity index (χ4v) is 3.82. The Morgan fingerprint density at radius 3 is 2.19 bits per heavy atom. The van der Waals surface area contributed by atoms with Gasteiger partial charge in [0.1, 0.15) is 0 Å². The van der Waals surface area contributed by atoms with Crippen LogP contribution in [-0.4, -0.2) is 42.4 Å². The summed E-state index contributed by atoms with van der Waals surface area (Å²) >= 11 is 0. The van der Waals surface area contributed by atoms with Crippen molar-refractivity contribution in [3.05, 3.63) is 53.9 Å². The van der Waals surface area contributed by atoms with Crippen LogP contribution in [0.25, 0.3) is 18.0 Å². The molecule has 0 aliphatic carbocycles. The summed E-state index contributed by atoms with van der Waals surface area (Å²) in [5, 5.41) is 14.7. The third kappa shape index (κ3) is 4.96. The summed E-state index contributed by atoms with van der Waals surface area (Å²) in [6.45, 7) is 10.9. The van der Waals surface area contributed by atoms with Crippen molar-refractivity contribution >= 4 is 20.5 Å². The van der Waals surface area contributed by atoms with Crippen molar-refractivity contribution in [2.75, 3.05) is 14.2 Å². The van der Waals surface area contributed by atoms with Crippen LogP contribution in [0.3, 0.4) is 0 Å². The van der Waals surface area contributed by atoms with Gasteiger partial charge in [0.2, 0.25) is 5.88 Å². The monoisotopic (exact) mass is 453 g/mol. The Bertz CT molecular complexity index is 1080. The Labute approximate surface area is 190 Å². The molecule has 0 atom stereocenters. The Kier molecular flexibility index (Phi) is 6.64. The number of hydrogen-bond donors (Lipinski definition) is 1. The first-order valence-corrected chi connectivity index (χ1v) is 13.3. The van der Waals surface area contributed by atoms with E-state index in [9.17, 15) is 5.11 Å². The number of rotatable bonds is 7. The zero-order valence-electron chi connectivity index (χ0n) is 19.7. The average molecular weight is 454 g/mol. The number of nitrogens with zero attached hydrogens (tertiary/aromatic N) is 3. The largest absolute Gasteiger partial charge is 0.539 e. The van der Waals surface area contributed by atoms with Crippen molar-refractivity contribution in [1.82, 2.24) is 14.8 Å². The molecule has 7 nitrogen and oxygen atoms in total. The molecular formula is C24H31N3O4Si. The fraction of sp³-hybridized carbons (Fsp3) is 0.333. The van der Waals surface area contributed by atoms with E-state index in [0.29, 0.717) is 28.8 Å². The molecule has 0 amide bonds. The first-order valence-electron chi connectivity index (χ1n) is 10.4. The van der Waals surface area contributed by atoms with Crippen LogP contribution < -0.4 is 13.9 Å². The predicted octanol–water partition coefficient (Wildman–Crippen LogP) is 5.54. The SMILES string of the molecule is COc1cc(C=Cc2cc(O)n(-c3ccccn3)n2)cc(OC)c1O[Si](C)(C)C(C)(C)C. The Hall–Kier alpha value is -3.26. The highest BCUT2D eigenvalue weighted by Crippen LogP contribution is 2.45. The quantitative estimate of drug-likeness (QED) is 0.473. The van der Waals surface area contributed by atoms with E-state index in [2.05, 4.69) is 43.9 Å². The van der Waals surface area contributed by atoms with Crippen LogP contribution in [0.4, 0.5) is 0 Å². The van der Waals surface area contributed by atoms with Gasteiger partial charge in [-0.05, 0) is 54.0 Å². The van der Waals surface area contributed by atoms with Gasteiger partial charge in [-0.25, -0.2) is 4.98 Å². The normalized spacial score (nSPS) is 12.2. The molecule has 170 valence electrons. The smallest absolute Gasteiger partial charge is 0.250 e. The predicted molar refractivity (Wildman–Crippen MR) is 129 cm³/mol. The Morgan fingerprint density at radius 2 is 1.66 bits per heavy atom. The molecule has 1 aromatic carbocycles. The summed E-state index contributed by atoms with van der Waals surface area (Å²) in [5.74, 6) is 2.39. The third-order valence-electron chi connectivity index (χ3n) is 5.67. The Morgan fingerprint density at radius 1 is 1.00 bits per heavy atom. The van der Waals surface area contributed by atoms with Crippen molar-refractivity contribution < 1.29 is 19.0 Å². The van der Waals surface area contributed by atoms with E-state index < -0.39 is 8.32 Å². The van der Waals surface area contributed by atoms with Crippen LogP contribution in [0.15, 0.2) is 42.6 Å². The lowest BCUT2D eigenvalue weighted by molar-refractivity contribution is 0.354. The second kappa shape index (κ2) is 9.08. The summed E-state index contributed by atoms with van der Waals surface area (Å²) < 4.78 is 19.2. The van der Waals surface area contributed by atoms with E-state index >= 15 is 0 Å². The van der Waals surface area contributed by atoms with Gasteiger partial charge in [0.15, 0.2) is 23.1 Å². The zero-order valence-corrected chi connectivity index (χ0v) is 20.7. The zero-order chi connectivity index (χ0) is 23.5. The molecule has 0 bridgehead atoms. The lowest BCUT2D eigenvalue weighted by Gasteiger charge is -2.37. The molecule has 3 rings (SSSR count). The second-order valence-corrected chi connectivity index (χ2v) is 13.7. The standard InChI is InChI=1S/C24H31N3O4Si/c1-24(2,3)32(6,7)31-23-19(29-4)14-17(15-20(23)30-5)11-12-18-16-22(28)27(26-18)21-10-8-9-13-25-21/h8-16,28H,1-7H3. The molecule has 0 unspecified atom stereocenters. The summed E-state index contributed by atoms with van der Waals surface area (Å²) in [6, 6.07) is 10.8. The second-order valence-electron chi connectivity index (χ2n) is 8.98. The number of benzene rings is 1. The van der Waals surface area contributed by atoms with Gasteiger partial charge in [-0.3, -0.25) is 0 Å². The van der Waals surface area contributed by atoms with Crippen LogP contribution in [-0.2, 0) is 0 Å². The maximum absolute atomic E-state index is 10.2. The maximum Gasteiger partial charge on any atom is 0.250 e. The summed E-state index contributed by atoms with van der Waals surface area (Å²) in [6.07, 6.45) is 5.34. The summed E-state index contributed by atoms with van der Waals surface area (Å²) in [4.78, 5) is 4.22. The van der Waals surface area contributed by atoms with Gasteiger partial charge in [0, 0.05) is 12.3 Å². The van der Waals surface area contributed by atoms with Crippen molar-refractivity contribution in [2.24, 2.45) is 0 Å².